The third kappa shape index (κ3) is 4.67. The van der Waals surface area contributed by atoms with Crippen LogP contribution in [0.2, 0.25) is 0 Å². The lowest BCUT2D eigenvalue weighted by atomic mass is 9.97. The van der Waals surface area contributed by atoms with E-state index in [4.69, 9.17) is 9.84 Å². The van der Waals surface area contributed by atoms with E-state index in [9.17, 15) is 28.5 Å². The number of amides is 2. The van der Waals surface area contributed by atoms with Crippen LogP contribution >= 0.6 is 15.9 Å². The molecule has 12 heteroatoms. The van der Waals surface area contributed by atoms with Gasteiger partial charge in [-0.05, 0) is 24.3 Å². The first-order valence-electron chi connectivity index (χ1n) is 7.05. The van der Waals surface area contributed by atoms with Crippen molar-refractivity contribution in [2.45, 2.75) is 35.5 Å². The topological polar surface area (TPSA) is 165 Å². The van der Waals surface area contributed by atoms with Gasteiger partial charge in [0.2, 0.25) is 0 Å². The van der Waals surface area contributed by atoms with Gasteiger partial charge < -0.3 is 30.5 Å². The second-order valence-corrected chi connectivity index (χ2v) is 7.89. The molecule has 5 atom stereocenters. The largest absolute Gasteiger partial charge is 0.394 e. The van der Waals surface area contributed by atoms with E-state index < -0.39 is 53.3 Å². The van der Waals surface area contributed by atoms with Gasteiger partial charge in [-0.2, -0.15) is 0 Å². The standard InChI is InChI=1S/C13H17BrN2O8S/c14-6-1-3-7(4-2-6)25(22,23)16-13(21)15-9-11(19)10(18)8(5-17)24-12(9)20/h1-4,8-12,17-20H,5H2,(H2,15,16,21)/t8-,9-,10-,11-,12?/m1/s1. The quantitative estimate of drug-likeness (QED) is 0.320. The molecule has 0 bridgehead atoms. The van der Waals surface area contributed by atoms with Crippen molar-refractivity contribution in [3.8, 4) is 0 Å². The summed E-state index contributed by atoms with van der Waals surface area (Å²) in [5, 5.41) is 40.4. The molecule has 10 nitrogen and oxygen atoms in total. The lowest BCUT2D eigenvalue weighted by molar-refractivity contribution is -0.252. The zero-order chi connectivity index (χ0) is 18.8. The summed E-state index contributed by atoms with van der Waals surface area (Å²) in [6.45, 7) is -0.661. The monoisotopic (exact) mass is 440 g/mol. The molecule has 1 aromatic rings. The van der Waals surface area contributed by atoms with Crippen LogP contribution in [0.15, 0.2) is 33.6 Å². The van der Waals surface area contributed by atoms with Gasteiger partial charge in [-0.15, -0.1) is 0 Å². The van der Waals surface area contributed by atoms with Gasteiger partial charge in [-0.3, -0.25) is 0 Å². The van der Waals surface area contributed by atoms with Crippen molar-refractivity contribution >= 4 is 32.0 Å². The van der Waals surface area contributed by atoms with Crippen molar-refractivity contribution < 1.29 is 38.4 Å². The molecule has 0 spiro atoms. The lowest BCUT2D eigenvalue weighted by Gasteiger charge is -2.40. The summed E-state index contributed by atoms with van der Waals surface area (Å²) in [5.74, 6) is 0. The lowest BCUT2D eigenvalue weighted by Crippen LogP contribution is -2.65. The summed E-state index contributed by atoms with van der Waals surface area (Å²) >= 11 is 3.15. The van der Waals surface area contributed by atoms with Gasteiger partial charge in [0.25, 0.3) is 10.0 Å². The average molecular weight is 441 g/mol. The Balaban J connectivity index is 2.05. The molecule has 0 aliphatic carbocycles. The van der Waals surface area contributed by atoms with Gasteiger partial charge in [-0.1, -0.05) is 15.9 Å². The molecule has 1 saturated heterocycles. The number of carbonyl (C=O) groups excluding carboxylic acids is 1. The van der Waals surface area contributed by atoms with Crippen LogP contribution in [0.25, 0.3) is 0 Å². The van der Waals surface area contributed by atoms with Gasteiger partial charge in [0.15, 0.2) is 6.29 Å². The van der Waals surface area contributed by atoms with E-state index in [-0.39, 0.29) is 4.90 Å². The molecule has 1 aliphatic rings. The van der Waals surface area contributed by atoms with Crippen LogP contribution < -0.4 is 10.0 Å². The maximum Gasteiger partial charge on any atom is 0.329 e. The average Bonchev–Trinajstić information content (AvgIpc) is 2.55. The SMILES string of the molecule is O=C(N[C@H]1C(O)O[C@H](CO)[C@@H](O)[C@@H]1O)NS(=O)(=O)c1ccc(Br)cc1. The Bertz CT molecular complexity index is 713. The van der Waals surface area contributed by atoms with E-state index in [0.29, 0.717) is 4.47 Å². The fraction of sp³-hybridized carbons (Fsp3) is 0.462. The molecule has 1 unspecified atom stereocenters. The summed E-state index contributed by atoms with van der Waals surface area (Å²) < 4.78 is 31.4. The minimum Gasteiger partial charge on any atom is -0.394 e. The van der Waals surface area contributed by atoms with Gasteiger partial charge in [0, 0.05) is 4.47 Å². The first-order chi connectivity index (χ1) is 11.7. The van der Waals surface area contributed by atoms with E-state index in [2.05, 4.69) is 15.9 Å². The molecule has 0 aromatic heterocycles. The summed E-state index contributed by atoms with van der Waals surface area (Å²) in [5.41, 5.74) is 0. The summed E-state index contributed by atoms with van der Waals surface area (Å²) in [6, 6.07) is 2.74. The molecule has 0 radical (unpaired) electrons. The zero-order valence-corrected chi connectivity index (χ0v) is 15.0. The number of benzene rings is 1. The van der Waals surface area contributed by atoms with Gasteiger partial charge >= 0.3 is 6.03 Å². The number of urea groups is 1. The van der Waals surface area contributed by atoms with Crippen LogP contribution in [0.4, 0.5) is 4.79 Å². The predicted octanol–water partition coefficient (Wildman–Crippen LogP) is -1.76. The number of aliphatic hydroxyl groups is 4. The Kier molecular flexibility index (Phi) is 6.37. The zero-order valence-electron chi connectivity index (χ0n) is 12.6. The van der Waals surface area contributed by atoms with Crippen molar-refractivity contribution in [3.05, 3.63) is 28.7 Å². The van der Waals surface area contributed by atoms with E-state index in [1.165, 1.54) is 24.3 Å². The number of carbonyl (C=O) groups is 1. The number of hydrogen-bond donors (Lipinski definition) is 6. The van der Waals surface area contributed by atoms with Crippen molar-refractivity contribution in [1.82, 2.24) is 10.0 Å². The molecule has 2 amide bonds. The molecule has 1 aromatic carbocycles. The molecular weight excluding hydrogens is 424 g/mol. The highest BCUT2D eigenvalue weighted by Gasteiger charge is 2.44. The summed E-state index contributed by atoms with van der Waals surface area (Å²) in [4.78, 5) is 11.7. The van der Waals surface area contributed by atoms with Crippen LogP contribution in [0, 0.1) is 0 Å². The second kappa shape index (κ2) is 7.95. The Morgan fingerprint density at radius 2 is 1.76 bits per heavy atom. The molecule has 2 rings (SSSR count). The molecule has 1 aliphatic heterocycles. The van der Waals surface area contributed by atoms with Crippen LogP contribution in [-0.4, -0.2) is 72.1 Å². The number of sulfonamides is 1. The molecule has 25 heavy (non-hydrogen) atoms. The molecule has 0 saturated carbocycles. The molecule has 1 fully saturated rings. The number of ether oxygens (including phenoxy) is 1. The highest BCUT2D eigenvalue weighted by atomic mass is 79.9. The van der Waals surface area contributed by atoms with E-state index >= 15 is 0 Å². The Morgan fingerprint density at radius 1 is 1.16 bits per heavy atom. The number of rotatable bonds is 4. The highest BCUT2D eigenvalue weighted by Crippen LogP contribution is 2.20. The van der Waals surface area contributed by atoms with Crippen LogP contribution in [0.5, 0.6) is 0 Å². The van der Waals surface area contributed by atoms with Crippen molar-refractivity contribution in [2.24, 2.45) is 0 Å². The first-order valence-corrected chi connectivity index (χ1v) is 9.32. The smallest absolute Gasteiger partial charge is 0.329 e. The van der Waals surface area contributed by atoms with Gasteiger partial charge in [0.1, 0.15) is 24.4 Å². The number of halogens is 1. The minimum absolute atomic E-state index is 0.174. The van der Waals surface area contributed by atoms with Gasteiger partial charge in [0.05, 0.1) is 11.5 Å². The predicted molar refractivity (Wildman–Crippen MR) is 86.8 cm³/mol. The molecule has 1 heterocycles. The van der Waals surface area contributed by atoms with Gasteiger partial charge in [-0.25, -0.2) is 17.9 Å². The number of aliphatic hydroxyl groups excluding tert-OH is 4. The Labute approximate surface area is 151 Å². The third-order valence-corrected chi connectivity index (χ3v) is 5.42. The van der Waals surface area contributed by atoms with Crippen molar-refractivity contribution in [1.29, 1.82) is 0 Å². The van der Waals surface area contributed by atoms with Crippen molar-refractivity contribution in [2.75, 3.05) is 6.61 Å². The number of hydrogen-bond acceptors (Lipinski definition) is 8. The van der Waals surface area contributed by atoms with E-state index in [1.54, 1.807) is 4.72 Å². The highest BCUT2D eigenvalue weighted by molar-refractivity contribution is 9.10. The Morgan fingerprint density at radius 3 is 2.32 bits per heavy atom. The summed E-state index contributed by atoms with van der Waals surface area (Å²) in [7, 11) is -4.18. The Hall–Kier alpha value is -1.28. The molecular formula is C13H17BrN2O8S. The first kappa shape index (κ1) is 20.0. The third-order valence-electron chi connectivity index (χ3n) is 3.55. The van der Waals surface area contributed by atoms with E-state index in [1.807, 2.05) is 5.32 Å². The van der Waals surface area contributed by atoms with E-state index in [0.717, 1.165) is 0 Å². The minimum atomic E-state index is -4.18. The fourth-order valence-electron chi connectivity index (χ4n) is 2.23. The summed E-state index contributed by atoms with van der Waals surface area (Å²) in [6.07, 6.45) is -6.25. The van der Waals surface area contributed by atoms with Crippen LogP contribution in [-0.2, 0) is 14.8 Å². The fourth-order valence-corrected chi connectivity index (χ4v) is 3.41. The van der Waals surface area contributed by atoms with Crippen molar-refractivity contribution in [3.63, 3.8) is 0 Å². The normalized spacial score (nSPS) is 29.9. The maximum absolute atomic E-state index is 12.1. The molecule has 6 N–H and O–H groups in total. The number of nitrogens with one attached hydrogen (secondary N) is 2. The van der Waals surface area contributed by atoms with Crippen LogP contribution in [0.1, 0.15) is 0 Å². The second-order valence-electron chi connectivity index (χ2n) is 5.29. The molecule has 140 valence electrons. The van der Waals surface area contributed by atoms with Crippen LogP contribution in [0.3, 0.4) is 0 Å². The maximum atomic E-state index is 12.1.